The first-order valence-corrected chi connectivity index (χ1v) is 8.02. The van der Waals surface area contributed by atoms with E-state index >= 15 is 0 Å². The predicted molar refractivity (Wildman–Crippen MR) is 96.3 cm³/mol. The number of amides is 1. The standard InChI is InChI=1S/C20H21N3O2/c1-22(2)10-11-23(14-18-5-3-4-17(12-18)13-21)20(25)19-8-6-16(15-24)7-9-19/h3-9,12,15H,10-11,14H2,1-2H3. The van der Waals surface area contributed by atoms with Crippen molar-refractivity contribution in [3.63, 3.8) is 0 Å². The smallest absolute Gasteiger partial charge is 0.254 e. The molecule has 0 saturated heterocycles. The Morgan fingerprint density at radius 3 is 2.44 bits per heavy atom. The van der Waals surface area contributed by atoms with E-state index in [2.05, 4.69) is 6.07 Å². The van der Waals surface area contributed by atoms with E-state index in [1.54, 1.807) is 41.3 Å². The molecule has 0 aliphatic heterocycles. The number of hydrogen-bond acceptors (Lipinski definition) is 4. The Bertz CT molecular complexity index is 776. The van der Waals surface area contributed by atoms with E-state index in [1.807, 2.05) is 31.1 Å². The number of nitrogens with zero attached hydrogens (tertiary/aromatic N) is 3. The molecule has 128 valence electrons. The van der Waals surface area contributed by atoms with Gasteiger partial charge in [0.1, 0.15) is 6.29 Å². The minimum atomic E-state index is -0.0957. The number of likely N-dealkylation sites (N-methyl/N-ethyl adjacent to an activating group) is 1. The van der Waals surface area contributed by atoms with Crippen LogP contribution in [-0.4, -0.2) is 49.2 Å². The zero-order chi connectivity index (χ0) is 18.2. The molecular formula is C20H21N3O2. The summed E-state index contributed by atoms with van der Waals surface area (Å²) in [5.74, 6) is -0.0957. The van der Waals surface area contributed by atoms with Crippen LogP contribution in [0.15, 0.2) is 48.5 Å². The van der Waals surface area contributed by atoms with E-state index in [9.17, 15) is 9.59 Å². The summed E-state index contributed by atoms with van der Waals surface area (Å²) in [7, 11) is 3.91. The highest BCUT2D eigenvalue weighted by atomic mass is 16.2. The van der Waals surface area contributed by atoms with E-state index in [1.165, 1.54) is 0 Å². The number of benzene rings is 2. The molecule has 5 nitrogen and oxygen atoms in total. The summed E-state index contributed by atoms with van der Waals surface area (Å²) in [6.07, 6.45) is 0.755. The summed E-state index contributed by atoms with van der Waals surface area (Å²) in [6, 6.07) is 16.0. The summed E-state index contributed by atoms with van der Waals surface area (Å²) in [5, 5.41) is 9.04. The fourth-order valence-electron chi connectivity index (χ4n) is 2.42. The van der Waals surface area contributed by atoms with Crippen LogP contribution in [0.5, 0.6) is 0 Å². The Balaban J connectivity index is 2.22. The van der Waals surface area contributed by atoms with Gasteiger partial charge in [0.25, 0.3) is 5.91 Å². The van der Waals surface area contributed by atoms with Gasteiger partial charge < -0.3 is 9.80 Å². The van der Waals surface area contributed by atoms with E-state index in [4.69, 9.17) is 5.26 Å². The zero-order valence-corrected chi connectivity index (χ0v) is 14.5. The number of nitriles is 1. The molecule has 5 heteroatoms. The quantitative estimate of drug-likeness (QED) is 0.730. The second-order valence-corrected chi connectivity index (χ2v) is 6.08. The second-order valence-electron chi connectivity index (χ2n) is 6.08. The van der Waals surface area contributed by atoms with Crippen LogP contribution in [0, 0.1) is 11.3 Å². The van der Waals surface area contributed by atoms with Crippen LogP contribution in [0.2, 0.25) is 0 Å². The molecule has 0 bridgehead atoms. The molecule has 25 heavy (non-hydrogen) atoms. The molecule has 0 unspecified atom stereocenters. The highest BCUT2D eigenvalue weighted by Crippen LogP contribution is 2.12. The maximum atomic E-state index is 12.9. The van der Waals surface area contributed by atoms with E-state index in [0.29, 0.717) is 29.8 Å². The molecule has 0 saturated carbocycles. The maximum Gasteiger partial charge on any atom is 0.254 e. The highest BCUT2D eigenvalue weighted by Gasteiger charge is 2.16. The van der Waals surface area contributed by atoms with Crippen molar-refractivity contribution in [2.24, 2.45) is 0 Å². The minimum Gasteiger partial charge on any atom is -0.333 e. The van der Waals surface area contributed by atoms with Crippen LogP contribution in [0.1, 0.15) is 31.8 Å². The fourth-order valence-corrected chi connectivity index (χ4v) is 2.42. The van der Waals surface area contributed by atoms with Crippen molar-refractivity contribution in [1.29, 1.82) is 5.26 Å². The monoisotopic (exact) mass is 335 g/mol. The van der Waals surface area contributed by atoms with Crippen molar-refractivity contribution < 1.29 is 9.59 Å². The van der Waals surface area contributed by atoms with E-state index in [-0.39, 0.29) is 5.91 Å². The molecule has 0 aliphatic carbocycles. The average Bonchev–Trinajstić information content (AvgIpc) is 2.64. The average molecular weight is 335 g/mol. The molecule has 0 heterocycles. The molecule has 0 fully saturated rings. The maximum absolute atomic E-state index is 12.9. The number of aldehydes is 1. The van der Waals surface area contributed by atoms with Gasteiger partial charge >= 0.3 is 0 Å². The molecule has 1 amide bonds. The Labute approximate surface area is 148 Å². The van der Waals surface area contributed by atoms with Gasteiger partial charge in [-0.3, -0.25) is 9.59 Å². The molecule has 0 N–H and O–H groups in total. The predicted octanol–water partition coefficient (Wildman–Crippen LogP) is 2.57. The van der Waals surface area contributed by atoms with E-state index in [0.717, 1.165) is 18.4 Å². The topological polar surface area (TPSA) is 64.4 Å². The Morgan fingerprint density at radius 2 is 1.84 bits per heavy atom. The van der Waals surface area contributed by atoms with Crippen LogP contribution in [0.3, 0.4) is 0 Å². The summed E-state index contributed by atoms with van der Waals surface area (Å²) in [4.78, 5) is 27.4. The van der Waals surface area contributed by atoms with Crippen LogP contribution < -0.4 is 0 Å². The molecule has 2 aromatic rings. The van der Waals surface area contributed by atoms with E-state index < -0.39 is 0 Å². The number of carbonyl (C=O) groups is 2. The van der Waals surface area contributed by atoms with Gasteiger partial charge in [0.15, 0.2) is 0 Å². The van der Waals surface area contributed by atoms with Gasteiger partial charge in [-0.1, -0.05) is 24.3 Å². The van der Waals surface area contributed by atoms with Crippen LogP contribution >= 0.6 is 0 Å². The summed E-state index contributed by atoms with van der Waals surface area (Å²) >= 11 is 0. The van der Waals surface area contributed by atoms with Gasteiger partial charge in [-0.2, -0.15) is 5.26 Å². The van der Waals surface area contributed by atoms with Gasteiger partial charge in [0.05, 0.1) is 11.6 Å². The lowest BCUT2D eigenvalue weighted by atomic mass is 10.1. The zero-order valence-electron chi connectivity index (χ0n) is 14.5. The molecule has 0 spiro atoms. The molecule has 0 radical (unpaired) electrons. The van der Waals surface area contributed by atoms with Gasteiger partial charge in [0, 0.05) is 30.8 Å². The van der Waals surface area contributed by atoms with Crippen molar-refractivity contribution in [3.05, 3.63) is 70.8 Å². The van der Waals surface area contributed by atoms with Gasteiger partial charge in [-0.25, -0.2) is 0 Å². The molecule has 2 rings (SSSR count). The van der Waals surface area contributed by atoms with Crippen LogP contribution in [0.4, 0.5) is 0 Å². The van der Waals surface area contributed by atoms with Gasteiger partial charge in [-0.15, -0.1) is 0 Å². The summed E-state index contributed by atoms with van der Waals surface area (Å²) in [5.41, 5.74) is 2.57. The van der Waals surface area contributed by atoms with Crippen molar-refractivity contribution in [3.8, 4) is 6.07 Å². The summed E-state index contributed by atoms with van der Waals surface area (Å²) < 4.78 is 0. The number of hydrogen-bond donors (Lipinski definition) is 0. The molecule has 0 aliphatic rings. The van der Waals surface area contributed by atoms with Crippen molar-refractivity contribution in [2.75, 3.05) is 27.2 Å². The van der Waals surface area contributed by atoms with Crippen molar-refractivity contribution in [1.82, 2.24) is 9.80 Å². The highest BCUT2D eigenvalue weighted by molar-refractivity contribution is 5.94. The minimum absolute atomic E-state index is 0.0957. The Kier molecular flexibility index (Phi) is 6.44. The first kappa shape index (κ1) is 18.4. The third kappa shape index (κ3) is 5.27. The molecular weight excluding hydrogens is 314 g/mol. The molecule has 2 aromatic carbocycles. The lowest BCUT2D eigenvalue weighted by Gasteiger charge is -2.25. The Morgan fingerprint density at radius 1 is 1.12 bits per heavy atom. The molecule has 0 atom stereocenters. The number of rotatable bonds is 7. The van der Waals surface area contributed by atoms with Gasteiger partial charge in [-0.05, 0) is 43.9 Å². The van der Waals surface area contributed by atoms with Crippen LogP contribution in [-0.2, 0) is 6.54 Å². The first-order chi connectivity index (χ1) is 12.0. The largest absolute Gasteiger partial charge is 0.333 e. The Hall–Kier alpha value is -2.97. The second kappa shape index (κ2) is 8.76. The molecule has 0 aromatic heterocycles. The van der Waals surface area contributed by atoms with Crippen molar-refractivity contribution >= 4 is 12.2 Å². The lowest BCUT2D eigenvalue weighted by Crippen LogP contribution is -2.36. The normalized spacial score (nSPS) is 10.3. The van der Waals surface area contributed by atoms with Gasteiger partial charge in [0.2, 0.25) is 0 Å². The third-order valence-corrected chi connectivity index (χ3v) is 3.83. The fraction of sp³-hybridized carbons (Fsp3) is 0.250. The van der Waals surface area contributed by atoms with Crippen molar-refractivity contribution in [2.45, 2.75) is 6.54 Å². The number of carbonyl (C=O) groups excluding carboxylic acids is 2. The lowest BCUT2D eigenvalue weighted by molar-refractivity contribution is 0.0731. The third-order valence-electron chi connectivity index (χ3n) is 3.83. The SMILES string of the molecule is CN(C)CCN(Cc1cccc(C#N)c1)C(=O)c1ccc(C=O)cc1. The van der Waals surface area contributed by atoms with Crippen LogP contribution in [0.25, 0.3) is 0 Å². The first-order valence-electron chi connectivity index (χ1n) is 8.02. The summed E-state index contributed by atoms with van der Waals surface area (Å²) in [6.45, 7) is 1.73.